The third-order valence-corrected chi connectivity index (χ3v) is 6.43. The zero-order chi connectivity index (χ0) is 31.7. The molecule has 0 aliphatic carbocycles. The number of methoxy groups -OCH3 is 1. The highest BCUT2D eigenvalue weighted by Gasteiger charge is 2.32. The van der Waals surface area contributed by atoms with Gasteiger partial charge in [0, 0.05) is 31.9 Å². The molecule has 0 aromatic heterocycles. The lowest BCUT2D eigenvalue weighted by atomic mass is 9.86. The topological polar surface area (TPSA) is 135 Å². The molecule has 0 aromatic carbocycles. The van der Waals surface area contributed by atoms with Crippen molar-refractivity contribution < 1.29 is 33.7 Å². The van der Waals surface area contributed by atoms with Gasteiger partial charge in [0.05, 0.1) is 13.2 Å². The number of rotatable bonds is 14. The molecule has 0 spiro atoms. The fraction of sp³-hybridized carbons (Fsp3) is 0.531. The molecule has 10 nitrogen and oxygen atoms in total. The van der Waals surface area contributed by atoms with Crippen molar-refractivity contribution in [1.82, 2.24) is 16.0 Å². The standard InChI is InChI=1S/C32H49N3O7/c1-9-10-15-24(41-31(39)33-7)16-13-20-34-29(37)28(32(4,5)6)35-27(36)17-12-11-14-22(2)21-23(3)25-18-19-26(40-8)30(38)42-25/h9-14,17,19-21,23-25,28,30,38H,15-16,18H2,1-8H3,(H,33,39)(H,34,37)(H,35,36)/b10-9-,14-11-,17-12-,20-13-,22-21+/t23-,24-,25-,28+,30+/m0/s1. The molecule has 0 saturated carbocycles. The molecule has 1 rings (SSSR count). The van der Waals surface area contributed by atoms with Crippen LogP contribution in [0.2, 0.25) is 0 Å². The highest BCUT2D eigenvalue weighted by Crippen LogP contribution is 2.25. The number of carbonyl (C=O) groups is 3. The van der Waals surface area contributed by atoms with Crippen molar-refractivity contribution in [3.8, 4) is 0 Å². The molecule has 1 aliphatic rings. The predicted octanol–water partition coefficient (Wildman–Crippen LogP) is 4.56. The van der Waals surface area contributed by atoms with Gasteiger partial charge in [-0.05, 0) is 38.0 Å². The number of nitrogens with one attached hydrogen (secondary N) is 3. The van der Waals surface area contributed by atoms with E-state index in [-0.39, 0.29) is 24.0 Å². The Bertz CT molecular complexity index is 1070. The van der Waals surface area contributed by atoms with Gasteiger partial charge in [-0.15, -0.1) is 0 Å². The molecular weight excluding hydrogens is 538 g/mol. The van der Waals surface area contributed by atoms with Crippen LogP contribution in [-0.4, -0.2) is 61.7 Å². The zero-order valence-corrected chi connectivity index (χ0v) is 26.2. The average molecular weight is 588 g/mol. The van der Waals surface area contributed by atoms with Gasteiger partial charge in [-0.25, -0.2) is 4.79 Å². The molecular formula is C32H49N3O7. The number of allylic oxidation sites excluding steroid dienone is 5. The quantitative estimate of drug-likeness (QED) is 0.133. The molecule has 0 radical (unpaired) electrons. The molecule has 0 bridgehead atoms. The van der Waals surface area contributed by atoms with Gasteiger partial charge >= 0.3 is 6.09 Å². The van der Waals surface area contributed by atoms with E-state index in [1.54, 1.807) is 18.2 Å². The van der Waals surface area contributed by atoms with E-state index < -0.39 is 29.7 Å². The highest BCUT2D eigenvalue weighted by atomic mass is 16.6. The third kappa shape index (κ3) is 13.8. The summed E-state index contributed by atoms with van der Waals surface area (Å²) in [5.74, 6) is -0.287. The minimum absolute atomic E-state index is 0.0498. The molecule has 234 valence electrons. The van der Waals surface area contributed by atoms with Crippen molar-refractivity contribution >= 4 is 17.9 Å². The summed E-state index contributed by atoms with van der Waals surface area (Å²) in [5, 5.41) is 17.9. The number of aliphatic hydroxyl groups is 1. The second kappa shape index (κ2) is 18.7. The maximum atomic E-state index is 12.9. The van der Waals surface area contributed by atoms with Crippen LogP contribution < -0.4 is 16.0 Å². The first-order valence-corrected chi connectivity index (χ1v) is 14.2. The molecule has 1 heterocycles. The van der Waals surface area contributed by atoms with Gasteiger partial charge < -0.3 is 35.3 Å². The van der Waals surface area contributed by atoms with Crippen molar-refractivity contribution in [2.45, 2.75) is 85.3 Å². The Balaban J connectivity index is 2.69. The number of aliphatic hydroxyl groups excluding tert-OH is 1. The number of alkyl carbamates (subject to hydrolysis) is 1. The molecule has 0 aromatic rings. The van der Waals surface area contributed by atoms with Crippen molar-refractivity contribution in [2.24, 2.45) is 11.3 Å². The Labute approximate surface area is 250 Å². The summed E-state index contributed by atoms with van der Waals surface area (Å²) in [4.78, 5) is 37.1. The van der Waals surface area contributed by atoms with Gasteiger partial charge in [0.1, 0.15) is 17.9 Å². The lowest BCUT2D eigenvalue weighted by Gasteiger charge is -2.29. The van der Waals surface area contributed by atoms with E-state index in [4.69, 9.17) is 14.2 Å². The second-order valence-electron chi connectivity index (χ2n) is 11.1. The van der Waals surface area contributed by atoms with Gasteiger partial charge in [0.15, 0.2) is 0 Å². The summed E-state index contributed by atoms with van der Waals surface area (Å²) in [6, 6.07) is -0.787. The van der Waals surface area contributed by atoms with Crippen molar-refractivity contribution in [2.75, 3.05) is 14.2 Å². The SMILES string of the molecule is C/C=C\C[C@@H](C/C=C\NC(=O)[C@@H](NC(=O)\C=C/C=C\C(C)=C\[C@H](C)[C@@H]1CC=C(OC)[C@H](O)O1)C(C)(C)C)OC(=O)NC. The van der Waals surface area contributed by atoms with Crippen molar-refractivity contribution in [3.05, 3.63) is 72.2 Å². The number of hydrogen-bond donors (Lipinski definition) is 4. The van der Waals surface area contributed by atoms with Crippen LogP contribution in [0.25, 0.3) is 0 Å². The largest absolute Gasteiger partial charge is 0.496 e. The Morgan fingerprint density at radius 2 is 1.83 bits per heavy atom. The van der Waals surface area contributed by atoms with Crippen LogP contribution in [0.3, 0.4) is 0 Å². The first-order chi connectivity index (χ1) is 19.8. The van der Waals surface area contributed by atoms with E-state index in [1.807, 2.05) is 71.9 Å². The number of carbonyl (C=O) groups excluding carboxylic acids is 3. The highest BCUT2D eigenvalue weighted by molar-refractivity contribution is 5.93. The summed E-state index contributed by atoms with van der Waals surface area (Å²) in [6.07, 6.45) is 16.9. The summed E-state index contributed by atoms with van der Waals surface area (Å²) < 4.78 is 16.0. The van der Waals surface area contributed by atoms with Crippen LogP contribution >= 0.6 is 0 Å². The lowest BCUT2D eigenvalue weighted by Crippen LogP contribution is -2.52. The Hall–Kier alpha value is -3.63. The van der Waals surface area contributed by atoms with Gasteiger partial charge in [0.25, 0.3) is 0 Å². The normalized spacial score (nSPS) is 20.4. The monoisotopic (exact) mass is 587 g/mol. The van der Waals surface area contributed by atoms with Crippen LogP contribution in [0.4, 0.5) is 4.79 Å². The second-order valence-corrected chi connectivity index (χ2v) is 11.1. The van der Waals surface area contributed by atoms with Crippen LogP contribution in [-0.2, 0) is 23.8 Å². The smallest absolute Gasteiger partial charge is 0.407 e. The molecule has 0 fully saturated rings. The molecule has 5 atom stereocenters. The van der Waals surface area contributed by atoms with E-state index in [0.717, 1.165) is 5.57 Å². The molecule has 4 N–H and O–H groups in total. The average Bonchev–Trinajstić information content (AvgIpc) is 2.93. The van der Waals surface area contributed by atoms with Crippen LogP contribution in [0.15, 0.2) is 72.2 Å². The van der Waals surface area contributed by atoms with Gasteiger partial charge in [-0.3, -0.25) is 9.59 Å². The molecule has 0 saturated heterocycles. The zero-order valence-electron chi connectivity index (χ0n) is 26.2. The van der Waals surface area contributed by atoms with Crippen molar-refractivity contribution in [3.63, 3.8) is 0 Å². The van der Waals surface area contributed by atoms with E-state index in [9.17, 15) is 19.5 Å². The minimum atomic E-state index is -1.06. The maximum Gasteiger partial charge on any atom is 0.407 e. The first kappa shape index (κ1) is 36.4. The van der Waals surface area contributed by atoms with Gasteiger partial charge in [0.2, 0.25) is 18.1 Å². The first-order valence-electron chi connectivity index (χ1n) is 14.2. The van der Waals surface area contributed by atoms with Crippen molar-refractivity contribution in [1.29, 1.82) is 0 Å². The van der Waals surface area contributed by atoms with Crippen LogP contribution in [0.1, 0.15) is 60.8 Å². The maximum absolute atomic E-state index is 12.9. The number of hydrogen-bond acceptors (Lipinski definition) is 7. The van der Waals surface area contributed by atoms with E-state index in [1.165, 1.54) is 26.4 Å². The fourth-order valence-corrected chi connectivity index (χ4v) is 4.07. The molecule has 1 aliphatic heterocycles. The predicted molar refractivity (Wildman–Crippen MR) is 164 cm³/mol. The van der Waals surface area contributed by atoms with E-state index in [0.29, 0.717) is 25.0 Å². The minimum Gasteiger partial charge on any atom is -0.496 e. The Kier molecular flexibility index (Phi) is 16.2. The molecule has 0 unspecified atom stereocenters. The summed E-state index contributed by atoms with van der Waals surface area (Å²) in [7, 11) is 2.99. The fourth-order valence-electron chi connectivity index (χ4n) is 4.07. The number of ether oxygens (including phenoxy) is 3. The molecule has 3 amide bonds. The van der Waals surface area contributed by atoms with Gasteiger partial charge in [-0.2, -0.15) is 0 Å². The van der Waals surface area contributed by atoms with E-state index >= 15 is 0 Å². The van der Waals surface area contributed by atoms with Gasteiger partial charge in [-0.1, -0.05) is 75.8 Å². The Morgan fingerprint density at radius 1 is 1.17 bits per heavy atom. The Morgan fingerprint density at radius 3 is 2.43 bits per heavy atom. The van der Waals surface area contributed by atoms with Crippen LogP contribution in [0, 0.1) is 11.3 Å². The van der Waals surface area contributed by atoms with E-state index in [2.05, 4.69) is 16.0 Å². The van der Waals surface area contributed by atoms with Crippen LogP contribution in [0.5, 0.6) is 0 Å². The molecule has 42 heavy (non-hydrogen) atoms. The summed E-state index contributed by atoms with van der Waals surface area (Å²) in [6.45, 7) is 11.4. The third-order valence-electron chi connectivity index (χ3n) is 6.43. The summed E-state index contributed by atoms with van der Waals surface area (Å²) >= 11 is 0. The molecule has 10 heteroatoms. The summed E-state index contributed by atoms with van der Waals surface area (Å²) in [5.41, 5.74) is 0.428. The lowest BCUT2D eigenvalue weighted by molar-refractivity contribution is -0.150. The number of amides is 3.